The van der Waals surface area contributed by atoms with Crippen LogP contribution in [0.5, 0.6) is 0 Å². The van der Waals surface area contributed by atoms with E-state index >= 15 is 0 Å². The normalized spacial score (nSPS) is 13.3. The van der Waals surface area contributed by atoms with Crippen LogP contribution in [0, 0.1) is 5.92 Å². The van der Waals surface area contributed by atoms with Gasteiger partial charge in [-0.3, -0.25) is 9.59 Å². The van der Waals surface area contributed by atoms with Crippen LogP contribution in [0.3, 0.4) is 0 Å². The molecular weight excluding hydrogens is 298 g/mol. The van der Waals surface area contributed by atoms with Gasteiger partial charge in [-0.05, 0) is 12.0 Å². The number of benzene rings is 1. The third-order valence-corrected chi connectivity index (χ3v) is 3.87. The number of methoxy groups -OCH3 is 1. The quantitative estimate of drug-likeness (QED) is 0.808. The molecule has 7 heteroatoms. The summed E-state index contributed by atoms with van der Waals surface area (Å²) in [4.78, 5) is 36.2. The van der Waals surface area contributed by atoms with Crippen molar-refractivity contribution in [3.63, 3.8) is 0 Å². The van der Waals surface area contributed by atoms with Crippen molar-refractivity contribution in [2.75, 3.05) is 7.11 Å². The molecule has 2 rings (SSSR count). The first-order chi connectivity index (χ1) is 11.0. The van der Waals surface area contributed by atoms with Crippen molar-refractivity contribution < 1.29 is 14.3 Å². The molecule has 1 heterocycles. The fraction of sp³-hybridized carbons (Fsp3) is 0.375. The van der Waals surface area contributed by atoms with Gasteiger partial charge in [0.15, 0.2) is 5.69 Å². The van der Waals surface area contributed by atoms with Gasteiger partial charge in [-0.25, -0.2) is 9.89 Å². The van der Waals surface area contributed by atoms with Crippen LogP contribution < -0.4 is 10.9 Å². The van der Waals surface area contributed by atoms with E-state index in [1.807, 2.05) is 13.8 Å². The molecule has 2 aromatic rings. The molecule has 2 N–H and O–H groups in total. The summed E-state index contributed by atoms with van der Waals surface area (Å²) in [6.45, 7) is 3.76. The van der Waals surface area contributed by atoms with Crippen molar-refractivity contribution in [1.29, 1.82) is 0 Å². The maximum atomic E-state index is 12.5. The second-order valence-electron chi connectivity index (χ2n) is 5.31. The van der Waals surface area contributed by atoms with Crippen LogP contribution in [0.15, 0.2) is 29.1 Å². The highest BCUT2D eigenvalue weighted by atomic mass is 16.5. The molecule has 0 radical (unpaired) electrons. The Morgan fingerprint density at radius 3 is 2.57 bits per heavy atom. The van der Waals surface area contributed by atoms with Gasteiger partial charge < -0.3 is 10.1 Å². The number of amides is 1. The van der Waals surface area contributed by atoms with Crippen LogP contribution in [0.1, 0.15) is 30.8 Å². The van der Waals surface area contributed by atoms with Gasteiger partial charge in [0.1, 0.15) is 6.04 Å². The summed E-state index contributed by atoms with van der Waals surface area (Å²) < 4.78 is 4.75. The number of carbonyl (C=O) groups is 2. The summed E-state index contributed by atoms with van der Waals surface area (Å²) >= 11 is 0. The maximum Gasteiger partial charge on any atom is 0.328 e. The Balaban J connectivity index is 2.39. The highest BCUT2D eigenvalue weighted by Crippen LogP contribution is 2.14. The Bertz CT molecular complexity index is 784. The standard InChI is InChI=1S/C16H19N3O4/c1-4-9(2)12(16(22)23-3)17-15(21)13-10-7-5-6-8-11(10)14(20)19-18-13/h5-9,12H,4H2,1-3H3,(H,17,21)(H,19,20)/t9-,12+/m1/s1. The Labute approximate surface area is 133 Å². The van der Waals surface area contributed by atoms with Crippen molar-refractivity contribution >= 4 is 22.6 Å². The number of hydrogen-bond acceptors (Lipinski definition) is 5. The van der Waals surface area contributed by atoms with E-state index in [4.69, 9.17) is 4.74 Å². The summed E-state index contributed by atoms with van der Waals surface area (Å²) in [7, 11) is 1.28. The zero-order valence-corrected chi connectivity index (χ0v) is 13.3. The molecule has 122 valence electrons. The van der Waals surface area contributed by atoms with Crippen LogP contribution in [0.4, 0.5) is 0 Å². The largest absolute Gasteiger partial charge is 0.467 e. The highest BCUT2D eigenvalue weighted by molar-refractivity contribution is 6.05. The number of nitrogens with zero attached hydrogens (tertiary/aromatic N) is 1. The Hall–Kier alpha value is -2.70. The molecule has 0 saturated carbocycles. The molecule has 0 saturated heterocycles. The van der Waals surface area contributed by atoms with Gasteiger partial charge in [0.05, 0.1) is 12.5 Å². The molecular formula is C16H19N3O4. The van der Waals surface area contributed by atoms with Crippen LogP contribution in [-0.2, 0) is 9.53 Å². The molecule has 1 aromatic carbocycles. The maximum absolute atomic E-state index is 12.5. The van der Waals surface area contributed by atoms with E-state index < -0.39 is 17.9 Å². The Morgan fingerprint density at radius 2 is 1.96 bits per heavy atom. The van der Waals surface area contributed by atoms with Crippen LogP contribution >= 0.6 is 0 Å². The number of aromatic nitrogens is 2. The monoisotopic (exact) mass is 317 g/mol. The fourth-order valence-corrected chi connectivity index (χ4v) is 2.29. The minimum absolute atomic E-state index is 0.0670. The van der Waals surface area contributed by atoms with E-state index in [0.29, 0.717) is 17.2 Å². The van der Waals surface area contributed by atoms with Crippen LogP contribution in [0.2, 0.25) is 0 Å². The lowest BCUT2D eigenvalue weighted by molar-refractivity contribution is -0.144. The number of H-pyrrole nitrogens is 1. The number of nitrogens with one attached hydrogen (secondary N) is 2. The average molecular weight is 317 g/mol. The van der Waals surface area contributed by atoms with Gasteiger partial charge in [0, 0.05) is 5.39 Å². The van der Waals surface area contributed by atoms with E-state index in [1.165, 1.54) is 7.11 Å². The number of aromatic amines is 1. The number of fused-ring (bicyclic) bond motifs is 1. The summed E-state index contributed by atoms with van der Waals surface area (Å²) in [5.74, 6) is -1.14. The fourth-order valence-electron chi connectivity index (χ4n) is 2.29. The predicted octanol–water partition coefficient (Wildman–Crippen LogP) is 1.24. The van der Waals surface area contributed by atoms with Crippen molar-refractivity contribution in [3.05, 3.63) is 40.3 Å². The van der Waals surface area contributed by atoms with Gasteiger partial charge in [-0.1, -0.05) is 38.5 Å². The van der Waals surface area contributed by atoms with Crippen molar-refractivity contribution in [2.24, 2.45) is 5.92 Å². The third kappa shape index (κ3) is 3.39. The lowest BCUT2D eigenvalue weighted by atomic mass is 9.99. The van der Waals surface area contributed by atoms with Crippen molar-refractivity contribution in [3.8, 4) is 0 Å². The highest BCUT2D eigenvalue weighted by Gasteiger charge is 2.28. The molecule has 1 amide bonds. The number of carbonyl (C=O) groups excluding carboxylic acids is 2. The van der Waals surface area contributed by atoms with Crippen molar-refractivity contribution in [2.45, 2.75) is 26.3 Å². The summed E-state index contributed by atoms with van der Waals surface area (Å²) in [5, 5.41) is 9.58. The van der Waals surface area contributed by atoms with Crippen LogP contribution in [0.25, 0.3) is 10.8 Å². The first-order valence-corrected chi connectivity index (χ1v) is 7.35. The number of hydrogen-bond donors (Lipinski definition) is 2. The molecule has 0 spiro atoms. The molecule has 0 aliphatic carbocycles. The van der Waals surface area contributed by atoms with Gasteiger partial charge in [0.2, 0.25) is 0 Å². The topological polar surface area (TPSA) is 101 Å². The first-order valence-electron chi connectivity index (χ1n) is 7.35. The molecule has 0 unspecified atom stereocenters. The zero-order chi connectivity index (χ0) is 17.0. The molecule has 2 atom stereocenters. The molecule has 0 aliphatic heterocycles. The van der Waals surface area contributed by atoms with E-state index in [2.05, 4.69) is 15.5 Å². The molecule has 0 bridgehead atoms. The summed E-state index contributed by atoms with van der Waals surface area (Å²) in [6, 6.07) is 5.90. The third-order valence-electron chi connectivity index (χ3n) is 3.87. The number of esters is 1. The molecule has 1 aromatic heterocycles. The predicted molar refractivity (Wildman–Crippen MR) is 85.1 cm³/mol. The molecule has 0 aliphatic rings. The molecule has 0 fully saturated rings. The van der Waals surface area contributed by atoms with Crippen LogP contribution in [-0.4, -0.2) is 35.2 Å². The molecule has 7 nitrogen and oxygen atoms in total. The SMILES string of the molecule is CC[C@@H](C)[C@H](NC(=O)c1n[nH]c(=O)c2ccccc12)C(=O)OC. The van der Waals surface area contributed by atoms with Gasteiger partial charge in [-0.2, -0.15) is 5.10 Å². The zero-order valence-electron chi connectivity index (χ0n) is 13.3. The smallest absolute Gasteiger partial charge is 0.328 e. The molecule has 23 heavy (non-hydrogen) atoms. The average Bonchev–Trinajstić information content (AvgIpc) is 2.58. The number of rotatable bonds is 5. The van der Waals surface area contributed by atoms with Gasteiger partial charge >= 0.3 is 5.97 Å². The van der Waals surface area contributed by atoms with Gasteiger partial charge in [0.25, 0.3) is 11.5 Å². The Kier molecular flexibility index (Phi) is 5.10. The lowest BCUT2D eigenvalue weighted by Gasteiger charge is -2.21. The Morgan fingerprint density at radius 1 is 1.30 bits per heavy atom. The van der Waals surface area contributed by atoms with E-state index in [9.17, 15) is 14.4 Å². The summed E-state index contributed by atoms with van der Waals surface area (Å²) in [5.41, 5.74) is -0.305. The van der Waals surface area contributed by atoms with Gasteiger partial charge in [-0.15, -0.1) is 0 Å². The minimum atomic E-state index is -0.773. The second-order valence-corrected chi connectivity index (χ2v) is 5.31. The number of ether oxygens (including phenoxy) is 1. The van der Waals surface area contributed by atoms with Crippen molar-refractivity contribution in [1.82, 2.24) is 15.5 Å². The van der Waals surface area contributed by atoms with E-state index in [1.54, 1.807) is 24.3 Å². The lowest BCUT2D eigenvalue weighted by Crippen LogP contribution is -2.46. The second kappa shape index (κ2) is 7.04. The minimum Gasteiger partial charge on any atom is -0.467 e. The first kappa shape index (κ1) is 16.7. The van der Waals surface area contributed by atoms with E-state index in [-0.39, 0.29) is 17.2 Å². The summed E-state index contributed by atoms with van der Waals surface area (Å²) in [6.07, 6.45) is 0.694. The van der Waals surface area contributed by atoms with E-state index in [0.717, 1.165) is 0 Å².